The summed E-state index contributed by atoms with van der Waals surface area (Å²) in [4.78, 5) is 21.9. The lowest BCUT2D eigenvalue weighted by atomic mass is 10.0. The number of carboxylic acids is 1. The van der Waals surface area contributed by atoms with Crippen molar-refractivity contribution >= 4 is 12.0 Å². The molecule has 5 heteroatoms. The Morgan fingerprint density at radius 3 is 2.44 bits per heavy atom. The monoisotopic (exact) mass is 226 g/mol. The van der Waals surface area contributed by atoms with Crippen LogP contribution in [0.3, 0.4) is 0 Å². The highest BCUT2D eigenvalue weighted by Gasteiger charge is 2.18. The highest BCUT2D eigenvalue weighted by molar-refractivity contribution is 5.76. The molecule has 0 aliphatic heterocycles. The van der Waals surface area contributed by atoms with Gasteiger partial charge in [-0.1, -0.05) is 19.8 Å². The second kappa shape index (κ2) is 7.57. The van der Waals surface area contributed by atoms with Crippen molar-refractivity contribution in [3.8, 4) is 11.8 Å². The summed E-state index contributed by atoms with van der Waals surface area (Å²) in [5.74, 6) is 4.47. The fourth-order valence-electron chi connectivity index (χ4n) is 1.07. The molecule has 1 unspecified atom stereocenters. The van der Waals surface area contributed by atoms with E-state index in [4.69, 9.17) is 5.11 Å². The van der Waals surface area contributed by atoms with E-state index in [-0.39, 0.29) is 31.0 Å². The van der Waals surface area contributed by atoms with Gasteiger partial charge in [0.1, 0.15) is 0 Å². The van der Waals surface area contributed by atoms with Gasteiger partial charge < -0.3 is 15.7 Å². The molecule has 0 bridgehead atoms. The third-order valence-electron chi connectivity index (χ3n) is 2.03. The van der Waals surface area contributed by atoms with E-state index in [1.165, 1.54) is 0 Å². The van der Waals surface area contributed by atoms with Crippen LogP contribution in [0.1, 0.15) is 27.2 Å². The molecule has 5 nitrogen and oxygen atoms in total. The van der Waals surface area contributed by atoms with Crippen molar-refractivity contribution in [2.75, 3.05) is 6.54 Å². The molecular weight excluding hydrogens is 208 g/mol. The molecule has 3 N–H and O–H groups in total. The van der Waals surface area contributed by atoms with Crippen molar-refractivity contribution in [3.05, 3.63) is 0 Å². The average Bonchev–Trinajstić information content (AvgIpc) is 2.16. The van der Waals surface area contributed by atoms with Gasteiger partial charge in [-0.25, -0.2) is 4.79 Å². The Morgan fingerprint density at radius 1 is 1.38 bits per heavy atom. The maximum Gasteiger partial charge on any atom is 0.315 e. The Kier molecular flexibility index (Phi) is 6.77. The van der Waals surface area contributed by atoms with Crippen LogP contribution >= 0.6 is 0 Å². The zero-order valence-electron chi connectivity index (χ0n) is 9.83. The predicted octanol–water partition coefficient (Wildman–Crippen LogP) is 0.808. The summed E-state index contributed by atoms with van der Waals surface area (Å²) >= 11 is 0. The number of rotatable bonds is 5. The number of urea groups is 1. The van der Waals surface area contributed by atoms with Gasteiger partial charge in [-0.15, -0.1) is 5.92 Å². The Hall–Kier alpha value is -1.70. The van der Waals surface area contributed by atoms with E-state index in [1.54, 1.807) is 6.92 Å². The molecule has 0 aromatic heterocycles. The van der Waals surface area contributed by atoms with Gasteiger partial charge in [0.05, 0.1) is 13.0 Å². The molecule has 16 heavy (non-hydrogen) atoms. The molecule has 90 valence electrons. The van der Waals surface area contributed by atoms with Crippen LogP contribution in [-0.2, 0) is 4.79 Å². The molecule has 0 saturated carbocycles. The Bertz CT molecular complexity index is 302. The summed E-state index contributed by atoms with van der Waals surface area (Å²) in [5, 5.41) is 13.8. The summed E-state index contributed by atoms with van der Waals surface area (Å²) in [6, 6.07) is -0.755. The van der Waals surface area contributed by atoms with Gasteiger partial charge in [0.25, 0.3) is 0 Å². The normalized spacial score (nSPS) is 11.2. The predicted molar refractivity (Wildman–Crippen MR) is 60.9 cm³/mol. The van der Waals surface area contributed by atoms with Crippen LogP contribution in [0.15, 0.2) is 0 Å². The first kappa shape index (κ1) is 14.3. The minimum atomic E-state index is -0.924. The number of amides is 2. The van der Waals surface area contributed by atoms with Crippen molar-refractivity contribution < 1.29 is 14.7 Å². The standard InChI is InChI=1S/C11H18N2O3/c1-4-5-6-12-11(16)13-9(8(2)3)7-10(14)15/h8-9H,6-7H2,1-3H3,(H,14,15)(H2,12,13,16). The van der Waals surface area contributed by atoms with E-state index < -0.39 is 5.97 Å². The number of aliphatic carboxylic acids is 1. The molecule has 0 spiro atoms. The molecule has 0 fully saturated rings. The van der Waals surface area contributed by atoms with Crippen molar-refractivity contribution in [1.82, 2.24) is 10.6 Å². The second-order valence-corrected chi connectivity index (χ2v) is 3.70. The highest BCUT2D eigenvalue weighted by atomic mass is 16.4. The number of nitrogens with one attached hydrogen (secondary N) is 2. The largest absolute Gasteiger partial charge is 0.481 e. The van der Waals surface area contributed by atoms with Crippen LogP contribution in [0.5, 0.6) is 0 Å². The molecule has 1 atom stereocenters. The number of carboxylic acid groups (broad SMARTS) is 1. The minimum Gasteiger partial charge on any atom is -0.481 e. The van der Waals surface area contributed by atoms with Gasteiger partial charge in [0, 0.05) is 6.04 Å². The van der Waals surface area contributed by atoms with E-state index in [0.29, 0.717) is 0 Å². The van der Waals surface area contributed by atoms with E-state index in [9.17, 15) is 9.59 Å². The summed E-state index contributed by atoms with van der Waals surface area (Å²) in [5.41, 5.74) is 0. The van der Waals surface area contributed by atoms with Crippen molar-refractivity contribution in [2.24, 2.45) is 5.92 Å². The Morgan fingerprint density at radius 2 is 2.00 bits per heavy atom. The first-order valence-corrected chi connectivity index (χ1v) is 5.13. The van der Waals surface area contributed by atoms with Crippen LogP contribution < -0.4 is 10.6 Å². The van der Waals surface area contributed by atoms with Crippen LogP contribution in [0.4, 0.5) is 4.79 Å². The Balaban J connectivity index is 4.11. The zero-order chi connectivity index (χ0) is 12.6. The quantitative estimate of drug-likeness (QED) is 0.607. The molecule has 0 rings (SSSR count). The molecular formula is C11H18N2O3. The lowest BCUT2D eigenvalue weighted by Gasteiger charge is -2.20. The van der Waals surface area contributed by atoms with Crippen LogP contribution in [0, 0.1) is 17.8 Å². The molecule has 0 aromatic carbocycles. The van der Waals surface area contributed by atoms with E-state index in [2.05, 4.69) is 22.5 Å². The van der Waals surface area contributed by atoms with Crippen LogP contribution in [0.25, 0.3) is 0 Å². The average molecular weight is 226 g/mol. The number of carbonyl (C=O) groups is 2. The lowest BCUT2D eigenvalue weighted by Crippen LogP contribution is -2.45. The van der Waals surface area contributed by atoms with Crippen molar-refractivity contribution in [2.45, 2.75) is 33.2 Å². The summed E-state index contributed by atoms with van der Waals surface area (Å²) in [6.45, 7) is 5.67. The van der Waals surface area contributed by atoms with E-state index in [1.807, 2.05) is 13.8 Å². The molecule has 0 heterocycles. The second-order valence-electron chi connectivity index (χ2n) is 3.70. The van der Waals surface area contributed by atoms with Gasteiger partial charge in [-0.2, -0.15) is 0 Å². The summed E-state index contributed by atoms with van der Waals surface area (Å²) < 4.78 is 0. The number of hydrogen-bond acceptors (Lipinski definition) is 2. The number of carbonyl (C=O) groups excluding carboxylic acids is 1. The molecule has 2 amide bonds. The molecule has 0 saturated heterocycles. The van der Waals surface area contributed by atoms with Crippen LogP contribution in [0.2, 0.25) is 0 Å². The fourth-order valence-corrected chi connectivity index (χ4v) is 1.07. The SMILES string of the molecule is CC#CCNC(=O)NC(CC(=O)O)C(C)C. The third-order valence-corrected chi connectivity index (χ3v) is 2.03. The summed E-state index contributed by atoms with van der Waals surface area (Å²) in [7, 11) is 0. The van der Waals surface area contributed by atoms with Gasteiger partial charge in [0.15, 0.2) is 0 Å². The molecule has 0 aromatic rings. The minimum absolute atomic E-state index is 0.0686. The van der Waals surface area contributed by atoms with Crippen molar-refractivity contribution in [3.63, 3.8) is 0 Å². The molecule has 0 aliphatic rings. The smallest absolute Gasteiger partial charge is 0.315 e. The molecule has 0 radical (unpaired) electrons. The first-order chi connectivity index (χ1) is 7.47. The van der Waals surface area contributed by atoms with E-state index >= 15 is 0 Å². The van der Waals surface area contributed by atoms with Crippen molar-refractivity contribution in [1.29, 1.82) is 0 Å². The third kappa shape index (κ3) is 6.71. The van der Waals surface area contributed by atoms with Crippen LogP contribution in [-0.4, -0.2) is 29.7 Å². The number of hydrogen-bond donors (Lipinski definition) is 3. The van der Waals surface area contributed by atoms with Gasteiger partial charge in [-0.3, -0.25) is 4.79 Å². The Labute approximate surface area is 95.6 Å². The van der Waals surface area contributed by atoms with E-state index in [0.717, 1.165) is 0 Å². The van der Waals surface area contributed by atoms with Gasteiger partial charge in [0.2, 0.25) is 0 Å². The van der Waals surface area contributed by atoms with Gasteiger partial charge in [-0.05, 0) is 12.8 Å². The van der Waals surface area contributed by atoms with Gasteiger partial charge >= 0.3 is 12.0 Å². The zero-order valence-corrected chi connectivity index (χ0v) is 9.83. The lowest BCUT2D eigenvalue weighted by molar-refractivity contribution is -0.137. The topological polar surface area (TPSA) is 78.4 Å². The highest BCUT2D eigenvalue weighted by Crippen LogP contribution is 2.05. The maximum absolute atomic E-state index is 11.3. The maximum atomic E-state index is 11.3. The fraction of sp³-hybridized carbons (Fsp3) is 0.636. The molecule has 0 aliphatic carbocycles. The first-order valence-electron chi connectivity index (χ1n) is 5.13. The summed E-state index contributed by atoms with van der Waals surface area (Å²) in [6.07, 6.45) is -0.0788.